The molecule has 0 heterocycles. The van der Waals surface area contributed by atoms with E-state index in [-0.39, 0.29) is 5.03 Å². The molecule has 0 rings (SSSR count). The number of hydrogen-bond acceptors (Lipinski definition) is 2. The molecule has 0 aromatic carbocycles. The average Bonchev–Trinajstić information content (AvgIpc) is 2.19. The fourth-order valence-corrected chi connectivity index (χ4v) is 5.82. The lowest BCUT2D eigenvalue weighted by Gasteiger charge is -2.54. The minimum absolute atomic E-state index is 0.194. The molecule has 0 saturated heterocycles. The molecule has 0 aromatic rings. The highest BCUT2D eigenvalue weighted by Gasteiger charge is 2.46. The van der Waals surface area contributed by atoms with Crippen molar-refractivity contribution in [2.75, 3.05) is 26.2 Å². The van der Waals surface area contributed by atoms with Gasteiger partial charge in [-0.25, -0.2) is 0 Å². The van der Waals surface area contributed by atoms with Gasteiger partial charge in [-0.05, 0) is 26.2 Å². The molecule has 0 aromatic heterocycles. The van der Waals surface area contributed by atoms with Crippen molar-refractivity contribution in [3.63, 3.8) is 0 Å². The minimum atomic E-state index is -1.31. The molecule has 4 heteroatoms. The summed E-state index contributed by atoms with van der Waals surface area (Å²) in [7, 11) is 1.88. The van der Waals surface area contributed by atoms with Gasteiger partial charge in [0, 0.05) is 0 Å². The molecule has 0 aliphatic rings. The van der Waals surface area contributed by atoms with Gasteiger partial charge < -0.3 is 0 Å². The zero-order chi connectivity index (χ0) is 13.0. The van der Waals surface area contributed by atoms with Gasteiger partial charge >= 0.3 is 0 Å². The molecule has 0 bridgehead atoms. The third-order valence-corrected chi connectivity index (χ3v) is 9.76. The first-order valence-corrected chi connectivity index (χ1v) is 10.7. The molecule has 0 aliphatic heterocycles. The van der Waals surface area contributed by atoms with E-state index in [1.807, 2.05) is 0 Å². The van der Waals surface area contributed by atoms with Crippen molar-refractivity contribution in [2.45, 2.75) is 52.4 Å². The lowest BCUT2D eigenvalue weighted by Crippen LogP contribution is -2.68. The first-order valence-electron chi connectivity index (χ1n) is 6.58. The molecule has 1 atom stereocenters. The van der Waals surface area contributed by atoms with Crippen molar-refractivity contribution in [1.29, 1.82) is 0 Å². The summed E-state index contributed by atoms with van der Waals surface area (Å²) in [6.07, 6.45) is 0. The van der Waals surface area contributed by atoms with Crippen molar-refractivity contribution in [2.24, 2.45) is 0 Å². The second kappa shape index (κ2) is 6.49. The van der Waals surface area contributed by atoms with Crippen LogP contribution in [0.3, 0.4) is 0 Å². The molecule has 0 fully saturated rings. The van der Waals surface area contributed by atoms with Crippen molar-refractivity contribution < 1.29 is 0 Å². The third-order valence-electron chi connectivity index (χ3n) is 3.59. The van der Waals surface area contributed by atoms with E-state index < -0.39 is 8.07 Å². The second-order valence-electron chi connectivity index (χ2n) is 5.32. The van der Waals surface area contributed by atoms with E-state index in [1.54, 1.807) is 0 Å². The summed E-state index contributed by atoms with van der Waals surface area (Å²) in [5, 5.41) is 0.194. The molecule has 0 amide bonds. The summed E-state index contributed by atoms with van der Waals surface area (Å²) in [6.45, 7) is 21.0. The summed E-state index contributed by atoms with van der Waals surface area (Å²) in [5.74, 6) is 0. The number of hydrogen-bond donors (Lipinski definition) is 0. The minimum Gasteiger partial charge on any atom is -0.286 e. The lowest BCUT2D eigenvalue weighted by atomic mass is 10.5. The highest BCUT2D eigenvalue weighted by atomic mass is 31.0. The first kappa shape index (κ1) is 16.6. The Kier molecular flexibility index (Phi) is 6.72. The van der Waals surface area contributed by atoms with Gasteiger partial charge in [-0.2, -0.15) is 0 Å². The monoisotopic (exact) mass is 262 g/mol. The van der Waals surface area contributed by atoms with Crippen LogP contribution in [0.2, 0.25) is 19.6 Å². The lowest BCUT2D eigenvalue weighted by molar-refractivity contribution is 0.0804. The maximum Gasteiger partial charge on any atom is 0.0910 e. The Hall–Kier alpha value is 0.567. The van der Waals surface area contributed by atoms with Gasteiger partial charge in [-0.3, -0.25) is 9.80 Å². The van der Waals surface area contributed by atoms with E-state index in [1.165, 1.54) is 0 Å². The standard InChI is InChI=1S/C12H31N2PSi/c1-8-13(9-2)12(15,16(5,6)7)14(10-3)11-4/h8-11,15H2,1-7H3. The molecule has 0 N–H and O–H groups in total. The molecule has 0 radical (unpaired) electrons. The van der Waals surface area contributed by atoms with Crippen LogP contribution in [0.5, 0.6) is 0 Å². The maximum absolute atomic E-state index is 3.18. The van der Waals surface area contributed by atoms with E-state index >= 15 is 0 Å². The summed E-state index contributed by atoms with van der Waals surface area (Å²) in [6, 6.07) is 0. The van der Waals surface area contributed by atoms with E-state index in [2.05, 4.69) is 66.4 Å². The average molecular weight is 262 g/mol. The van der Waals surface area contributed by atoms with Gasteiger partial charge in [-0.15, -0.1) is 9.24 Å². The number of nitrogens with zero attached hydrogens (tertiary/aromatic N) is 2. The Morgan fingerprint density at radius 1 is 0.812 bits per heavy atom. The third kappa shape index (κ3) is 3.07. The zero-order valence-electron chi connectivity index (χ0n) is 12.3. The van der Waals surface area contributed by atoms with Gasteiger partial charge in [-0.1, -0.05) is 47.3 Å². The highest BCUT2D eigenvalue weighted by molar-refractivity contribution is 7.26. The Labute approximate surface area is 106 Å². The van der Waals surface area contributed by atoms with Crippen LogP contribution in [0.15, 0.2) is 0 Å². The van der Waals surface area contributed by atoms with Gasteiger partial charge in [0.25, 0.3) is 0 Å². The van der Waals surface area contributed by atoms with Gasteiger partial charge in [0.05, 0.1) is 13.1 Å². The predicted octanol–water partition coefficient (Wildman–Crippen LogP) is 3.08. The normalized spacial score (nSPS) is 13.9. The quantitative estimate of drug-likeness (QED) is 0.395. The zero-order valence-corrected chi connectivity index (χ0v) is 14.5. The fourth-order valence-electron chi connectivity index (χ4n) is 2.56. The maximum atomic E-state index is 3.18. The van der Waals surface area contributed by atoms with Crippen LogP contribution in [-0.4, -0.2) is 49.1 Å². The molecule has 2 nitrogen and oxygen atoms in total. The largest absolute Gasteiger partial charge is 0.286 e. The van der Waals surface area contributed by atoms with Crippen molar-refractivity contribution >= 4 is 17.3 Å². The van der Waals surface area contributed by atoms with Crippen LogP contribution in [-0.2, 0) is 0 Å². The van der Waals surface area contributed by atoms with Crippen LogP contribution in [0.1, 0.15) is 27.7 Å². The Morgan fingerprint density at radius 3 is 1.19 bits per heavy atom. The van der Waals surface area contributed by atoms with Crippen LogP contribution in [0.25, 0.3) is 0 Å². The molecular formula is C12H31N2PSi. The summed E-state index contributed by atoms with van der Waals surface area (Å²) in [4.78, 5) is 5.22. The molecule has 1 unspecified atom stereocenters. The molecular weight excluding hydrogens is 231 g/mol. The van der Waals surface area contributed by atoms with Crippen LogP contribution in [0, 0.1) is 0 Å². The first-order chi connectivity index (χ1) is 7.29. The van der Waals surface area contributed by atoms with E-state index in [0.717, 1.165) is 26.2 Å². The summed E-state index contributed by atoms with van der Waals surface area (Å²) in [5.41, 5.74) is 0. The van der Waals surface area contributed by atoms with Gasteiger partial charge in [0.1, 0.15) is 0 Å². The second-order valence-corrected chi connectivity index (χ2v) is 11.9. The molecule has 0 aliphatic carbocycles. The predicted molar refractivity (Wildman–Crippen MR) is 81.6 cm³/mol. The Bertz CT molecular complexity index is 184. The van der Waals surface area contributed by atoms with Crippen LogP contribution in [0.4, 0.5) is 0 Å². The Morgan fingerprint density at radius 2 is 1.06 bits per heavy atom. The molecule has 98 valence electrons. The number of rotatable bonds is 7. The molecule has 0 spiro atoms. The highest BCUT2D eigenvalue weighted by Crippen LogP contribution is 2.37. The van der Waals surface area contributed by atoms with E-state index in [9.17, 15) is 0 Å². The summed E-state index contributed by atoms with van der Waals surface area (Å²) < 4.78 is 0. The smallest absolute Gasteiger partial charge is 0.0910 e. The molecule has 0 saturated carbocycles. The summed E-state index contributed by atoms with van der Waals surface area (Å²) >= 11 is 0. The van der Waals surface area contributed by atoms with Crippen molar-refractivity contribution in [3.05, 3.63) is 0 Å². The molecule has 16 heavy (non-hydrogen) atoms. The van der Waals surface area contributed by atoms with Crippen molar-refractivity contribution in [3.8, 4) is 0 Å². The Balaban J connectivity index is 5.33. The van der Waals surface area contributed by atoms with E-state index in [0.29, 0.717) is 0 Å². The fraction of sp³-hybridized carbons (Fsp3) is 1.00. The van der Waals surface area contributed by atoms with Crippen LogP contribution >= 0.6 is 9.24 Å². The SMILES string of the molecule is CCN(CC)C(P)(N(CC)CC)[Si](C)(C)C. The topological polar surface area (TPSA) is 6.48 Å². The van der Waals surface area contributed by atoms with Crippen molar-refractivity contribution in [1.82, 2.24) is 9.80 Å². The van der Waals surface area contributed by atoms with Gasteiger partial charge in [0.2, 0.25) is 0 Å². The van der Waals surface area contributed by atoms with E-state index in [4.69, 9.17) is 0 Å². The van der Waals surface area contributed by atoms with Crippen LogP contribution < -0.4 is 0 Å². The van der Waals surface area contributed by atoms with Gasteiger partial charge in [0.15, 0.2) is 0 Å².